The van der Waals surface area contributed by atoms with Gasteiger partial charge in [0.15, 0.2) is 5.76 Å². The molecule has 1 aliphatic heterocycles. The molecule has 156 valence electrons. The molecule has 0 bridgehead atoms. The predicted octanol–water partition coefficient (Wildman–Crippen LogP) is 3.49. The third kappa shape index (κ3) is 4.13. The van der Waals surface area contributed by atoms with E-state index in [9.17, 15) is 4.79 Å². The molecule has 1 aliphatic rings. The van der Waals surface area contributed by atoms with Crippen LogP contribution in [-0.4, -0.2) is 56.7 Å². The molecular weight excluding hydrogens is 390 g/mol. The summed E-state index contributed by atoms with van der Waals surface area (Å²) in [5.41, 5.74) is 3.08. The first-order valence-electron chi connectivity index (χ1n) is 10.4. The normalized spacial score (nSPS) is 14.6. The van der Waals surface area contributed by atoms with Crippen molar-refractivity contribution in [2.24, 2.45) is 0 Å². The van der Waals surface area contributed by atoms with E-state index in [1.54, 1.807) is 10.9 Å². The summed E-state index contributed by atoms with van der Waals surface area (Å²) in [7, 11) is 0. The standard InChI is InChI=1S/C24H23N5O2/c30-24(28-14-12-27(13-15-28)18-19-7-4-5-11-25-19)22-17-21(23-10-6-16-31-23)26-29(22)20-8-2-1-3-9-20/h1-11,16-17H,12-15,18H2. The van der Waals surface area contributed by atoms with Crippen LogP contribution in [0, 0.1) is 0 Å². The molecule has 7 heteroatoms. The molecule has 0 spiro atoms. The van der Waals surface area contributed by atoms with Crippen molar-refractivity contribution in [1.82, 2.24) is 24.6 Å². The molecular formula is C24H23N5O2. The highest BCUT2D eigenvalue weighted by molar-refractivity contribution is 5.94. The molecule has 31 heavy (non-hydrogen) atoms. The lowest BCUT2D eigenvalue weighted by atomic mass is 10.2. The number of carbonyl (C=O) groups is 1. The molecule has 3 aromatic heterocycles. The summed E-state index contributed by atoms with van der Waals surface area (Å²) in [4.78, 5) is 22.1. The largest absolute Gasteiger partial charge is 0.463 e. The monoisotopic (exact) mass is 413 g/mol. The second kappa shape index (κ2) is 8.57. The maximum Gasteiger partial charge on any atom is 0.272 e. The van der Waals surface area contributed by atoms with Crippen molar-refractivity contribution >= 4 is 5.91 Å². The first-order chi connectivity index (χ1) is 15.3. The highest BCUT2D eigenvalue weighted by Gasteiger charge is 2.26. The minimum atomic E-state index is -0.0216. The van der Waals surface area contributed by atoms with E-state index in [-0.39, 0.29) is 5.91 Å². The number of rotatable bonds is 5. The van der Waals surface area contributed by atoms with E-state index >= 15 is 0 Å². The second-order valence-electron chi connectivity index (χ2n) is 7.53. The number of carbonyl (C=O) groups excluding carboxylic acids is 1. The topological polar surface area (TPSA) is 67.4 Å². The Morgan fingerprint density at radius 2 is 1.74 bits per heavy atom. The van der Waals surface area contributed by atoms with E-state index in [4.69, 9.17) is 4.42 Å². The van der Waals surface area contributed by atoms with Crippen molar-refractivity contribution in [3.05, 3.63) is 90.6 Å². The number of piperazine rings is 1. The van der Waals surface area contributed by atoms with Gasteiger partial charge in [0.1, 0.15) is 11.4 Å². The van der Waals surface area contributed by atoms with Crippen LogP contribution in [0.4, 0.5) is 0 Å². The second-order valence-corrected chi connectivity index (χ2v) is 7.53. The number of furan rings is 1. The quantitative estimate of drug-likeness (QED) is 0.501. The summed E-state index contributed by atoms with van der Waals surface area (Å²) >= 11 is 0. The fraction of sp³-hybridized carbons (Fsp3) is 0.208. The van der Waals surface area contributed by atoms with Gasteiger partial charge < -0.3 is 9.32 Å². The number of pyridine rings is 1. The minimum Gasteiger partial charge on any atom is -0.463 e. The Bertz CT molecular complexity index is 1130. The molecule has 1 fully saturated rings. The Balaban J connectivity index is 1.35. The van der Waals surface area contributed by atoms with Gasteiger partial charge in [-0.15, -0.1) is 0 Å². The maximum atomic E-state index is 13.4. The molecule has 1 amide bonds. The maximum absolute atomic E-state index is 13.4. The van der Waals surface area contributed by atoms with Gasteiger partial charge in [0.2, 0.25) is 0 Å². The highest BCUT2D eigenvalue weighted by atomic mass is 16.3. The summed E-state index contributed by atoms with van der Waals surface area (Å²) in [6, 6.07) is 21.2. The van der Waals surface area contributed by atoms with Crippen LogP contribution in [-0.2, 0) is 6.54 Å². The van der Waals surface area contributed by atoms with E-state index in [2.05, 4.69) is 15.0 Å². The number of hydrogen-bond acceptors (Lipinski definition) is 5. The number of hydrogen-bond donors (Lipinski definition) is 0. The Kier molecular flexibility index (Phi) is 5.33. The summed E-state index contributed by atoms with van der Waals surface area (Å²) in [6.07, 6.45) is 3.43. The van der Waals surface area contributed by atoms with E-state index in [1.807, 2.05) is 77.8 Å². The first-order valence-corrected chi connectivity index (χ1v) is 10.4. The third-order valence-electron chi connectivity index (χ3n) is 5.47. The van der Waals surface area contributed by atoms with Crippen LogP contribution >= 0.6 is 0 Å². The van der Waals surface area contributed by atoms with Gasteiger partial charge in [0.25, 0.3) is 5.91 Å². The van der Waals surface area contributed by atoms with Crippen LogP contribution in [0.2, 0.25) is 0 Å². The van der Waals surface area contributed by atoms with Crippen LogP contribution < -0.4 is 0 Å². The molecule has 4 heterocycles. The molecule has 0 unspecified atom stereocenters. The van der Waals surface area contributed by atoms with Gasteiger partial charge in [-0.05, 0) is 36.4 Å². The molecule has 7 nitrogen and oxygen atoms in total. The molecule has 0 saturated carbocycles. The van der Waals surface area contributed by atoms with Crippen molar-refractivity contribution in [2.75, 3.05) is 26.2 Å². The van der Waals surface area contributed by atoms with Crippen LogP contribution in [0.1, 0.15) is 16.2 Å². The van der Waals surface area contributed by atoms with Crippen LogP contribution in [0.5, 0.6) is 0 Å². The Hall–Kier alpha value is -3.71. The van der Waals surface area contributed by atoms with Crippen LogP contribution in [0.3, 0.4) is 0 Å². The molecule has 0 radical (unpaired) electrons. The molecule has 1 saturated heterocycles. The lowest BCUT2D eigenvalue weighted by Gasteiger charge is -2.34. The van der Waals surface area contributed by atoms with Gasteiger partial charge in [0.05, 0.1) is 17.6 Å². The van der Waals surface area contributed by atoms with Crippen LogP contribution in [0.25, 0.3) is 17.1 Å². The molecule has 0 aliphatic carbocycles. The van der Waals surface area contributed by atoms with Gasteiger partial charge in [-0.1, -0.05) is 24.3 Å². The van der Waals surface area contributed by atoms with E-state index in [1.165, 1.54) is 0 Å². The van der Waals surface area contributed by atoms with Gasteiger partial charge in [-0.25, -0.2) is 4.68 Å². The SMILES string of the molecule is O=C(c1cc(-c2ccco2)nn1-c1ccccc1)N1CCN(Cc2ccccn2)CC1. The first kappa shape index (κ1) is 19.3. The van der Waals surface area contributed by atoms with Crippen molar-refractivity contribution in [1.29, 1.82) is 0 Å². The van der Waals surface area contributed by atoms with Gasteiger partial charge in [-0.2, -0.15) is 5.10 Å². The van der Waals surface area contributed by atoms with Crippen molar-refractivity contribution < 1.29 is 9.21 Å². The molecule has 5 rings (SSSR count). The van der Waals surface area contributed by atoms with Gasteiger partial charge >= 0.3 is 0 Å². The van der Waals surface area contributed by atoms with Gasteiger partial charge in [0, 0.05) is 45.0 Å². The Morgan fingerprint density at radius 3 is 2.45 bits per heavy atom. The van der Waals surface area contributed by atoms with Crippen molar-refractivity contribution in [3.8, 4) is 17.1 Å². The Morgan fingerprint density at radius 1 is 0.935 bits per heavy atom. The molecule has 0 N–H and O–H groups in total. The van der Waals surface area contributed by atoms with E-state index < -0.39 is 0 Å². The minimum absolute atomic E-state index is 0.0216. The van der Waals surface area contributed by atoms with Crippen molar-refractivity contribution in [3.63, 3.8) is 0 Å². The zero-order chi connectivity index (χ0) is 21.0. The Labute approximate surface area is 180 Å². The smallest absolute Gasteiger partial charge is 0.272 e. The molecule has 4 aromatic rings. The number of nitrogens with zero attached hydrogens (tertiary/aromatic N) is 5. The fourth-order valence-corrected chi connectivity index (χ4v) is 3.84. The lowest BCUT2D eigenvalue weighted by Crippen LogP contribution is -2.48. The highest BCUT2D eigenvalue weighted by Crippen LogP contribution is 2.23. The molecule has 0 atom stereocenters. The third-order valence-corrected chi connectivity index (χ3v) is 5.47. The summed E-state index contributed by atoms with van der Waals surface area (Å²) in [5.74, 6) is 0.621. The summed E-state index contributed by atoms with van der Waals surface area (Å²) < 4.78 is 7.22. The molecule has 1 aromatic carbocycles. The summed E-state index contributed by atoms with van der Waals surface area (Å²) in [5, 5.41) is 4.67. The average Bonchev–Trinajstić information content (AvgIpc) is 3.51. The summed E-state index contributed by atoms with van der Waals surface area (Å²) in [6.45, 7) is 3.76. The zero-order valence-corrected chi connectivity index (χ0v) is 17.1. The average molecular weight is 413 g/mol. The van der Waals surface area contributed by atoms with Crippen LogP contribution in [0.15, 0.2) is 83.6 Å². The lowest BCUT2D eigenvalue weighted by molar-refractivity contribution is 0.0618. The van der Waals surface area contributed by atoms with E-state index in [0.717, 1.165) is 31.0 Å². The zero-order valence-electron chi connectivity index (χ0n) is 17.1. The number of benzene rings is 1. The van der Waals surface area contributed by atoms with Gasteiger partial charge in [-0.3, -0.25) is 14.7 Å². The number of amides is 1. The van der Waals surface area contributed by atoms with E-state index in [0.29, 0.717) is 30.2 Å². The fourth-order valence-electron chi connectivity index (χ4n) is 3.84. The van der Waals surface area contributed by atoms with Crippen molar-refractivity contribution in [2.45, 2.75) is 6.54 Å². The number of para-hydroxylation sites is 1. The number of aromatic nitrogens is 3. The predicted molar refractivity (Wildman–Crippen MR) is 117 cm³/mol.